The molecule has 0 spiro atoms. The first-order valence-electron chi connectivity index (χ1n) is 4.38. The topological polar surface area (TPSA) is 75.3 Å². The summed E-state index contributed by atoms with van der Waals surface area (Å²) in [6.45, 7) is 0.434. The summed E-state index contributed by atoms with van der Waals surface area (Å²) >= 11 is 0. The van der Waals surface area contributed by atoms with Crippen LogP contribution < -0.4 is 11.1 Å². The largest absolute Gasteiger partial charge is 0.394 e. The summed E-state index contributed by atoms with van der Waals surface area (Å²) in [4.78, 5) is 11.0. The third kappa shape index (κ3) is 2.46. The Bertz CT molecular complexity index is 157. The lowest BCUT2D eigenvalue weighted by atomic mass is 9.85. The van der Waals surface area contributed by atoms with Crippen molar-refractivity contribution in [2.24, 2.45) is 11.7 Å². The van der Waals surface area contributed by atoms with Crippen molar-refractivity contribution in [2.45, 2.75) is 25.3 Å². The Labute approximate surface area is 72.1 Å². The summed E-state index contributed by atoms with van der Waals surface area (Å²) in [5, 5.41) is 11.3. The number of aliphatic hydroxyl groups excluding tert-OH is 1. The maximum Gasteiger partial charge on any atom is 0.239 e. The van der Waals surface area contributed by atoms with Crippen LogP contribution in [0.15, 0.2) is 0 Å². The van der Waals surface area contributed by atoms with E-state index in [1.807, 2.05) is 0 Å². The van der Waals surface area contributed by atoms with Crippen LogP contribution in [0.3, 0.4) is 0 Å². The number of amides is 1. The molecular formula is C8H16N2O2. The molecule has 1 rings (SSSR count). The summed E-state index contributed by atoms with van der Waals surface area (Å²) < 4.78 is 0. The van der Waals surface area contributed by atoms with Gasteiger partial charge in [0.2, 0.25) is 5.91 Å². The normalized spacial score (nSPS) is 19.8. The van der Waals surface area contributed by atoms with Gasteiger partial charge in [-0.25, -0.2) is 0 Å². The van der Waals surface area contributed by atoms with Crippen LogP contribution >= 0.6 is 0 Å². The Kier molecular flexibility index (Phi) is 3.49. The van der Waals surface area contributed by atoms with Gasteiger partial charge in [0.15, 0.2) is 0 Å². The van der Waals surface area contributed by atoms with E-state index < -0.39 is 6.04 Å². The SMILES string of the molecule is NC(CO)C(=O)NCC1CCC1. The first kappa shape index (κ1) is 9.48. The average molecular weight is 172 g/mol. The fourth-order valence-corrected chi connectivity index (χ4v) is 1.16. The van der Waals surface area contributed by atoms with Gasteiger partial charge in [-0.3, -0.25) is 4.79 Å². The summed E-state index contributed by atoms with van der Waals surface area (Å²) in [7, 11) is 0. The van der Waals surface area contributed by atoms with Crippen LogP contribution in [0.1, 0.15) is 19.3 Å². The monoisotopic (exact) mass is 172 g/mol. The number of nitrogens with two attached hydrogens (primary N) is 1. The molecular weight excluding hydrogens is 156 g/mol. The molecule has 1 aliphatic rings. The van der Waals surface area contributed by atoms with Gasteiger partial charge in [-0.2, -0.15) is 0 Å². The quantitative estimate of drug-likeness (QED) is 0.521. The predicted molar refractivity (Wildman–Crippen MR) is 45.4 cm³/mol. The molecule has 1 aliphatic carbocycles. The molecule has 0 bridgehead atoms. The maximum atomic E-state index is 11.0. The molecule has 4 heteroatoms. The zero-order valence-electron chi connectivity index (χ0n) is 7.12. The minimum Gasteiger partial charge on any atom is -0.394 e. The van der Waals surface area contributed by atoms with Crippen molar-refractivity contribution in [1.29, 1.82) is 0 Å². The van der Waals surface area contributed by atoms with Crippen molar-refractivity contribution in [1.82, 2.24) is 5.32 Å². The molecule has 4 nitrogen and oxygen atoms in total. The van der Waals surface area contributed by atoms with Crippen LogP contribution in [0, 0.1) is 5.92 Å². The van der Waals surface area contributed by atoms with Crippen molar-refractivity contribution in [3.8, 4) is 0 Å². The van der Waals surface area contributed by atoms with Crippen LogP contribution in [0.4, 0.5) is 0 Å². The van der Waals surface area contributed by atoms with E-state index in [1.54, 1.807) is 0 Å². The minimum absolute atomic E-state index is 0.246. The summed E-state index contributed by atoms with van der Waals surface area (Å²) in [5.74, 6) is 0.393. The van der Waals surface area contributed by atoms with Crippen LogP contribution in [0.2, 0.25) is 0 Å². The van der Waals surface area contributed by atoms with Gasteiger partial charge in [-0.1, -0.05) is 6.42 Å². The molecule has 1 unspecified atom stereocenters. The molecule has 0 aromatic rings. The molecule has 0 heterocycles. The fraction of sp³-hybridized carbons (Fsp3) is 0.875. The van der Waals surface area contributed by atoms with Crippen molar-refractivity contribution in [3.63, 3.8) is 0 Å². The second-order valence-corrected chi connectivity index (χ2v) is 3.33. The third-order valence-electron chi connectivity index (χ3n) is 2.32. The fourth-order valence-electron chi connectivity index (χ4n) is 1.16. The highest BCUT2D eigenvalue weighted by atomic mass is 16.3. The lowest BCUT2D eigenvalue weighted by Gasteiger charge is -2.25. The predicted octanol–water partition coefficient (Wildman–Crippen LogP) is -0.778. The molecule has 1 fully saturated rings. The van der Waals surface area contributed by atoms with Gasteiger partial charge in [0.05, 0.1) is 6.61 Å². The van der Waals surface area contributed by atoms with Crippen molar-refractivity contribution in [2.75, 3.05) is 13.2 Å². The molecule has 12 heavy (non-hydrogen) atoms. The molecule has 1 saturated carbocycles. The van der Waals surface area contributed by atoms with Crippen molar-refractivity contribution >= 4 is 5.91 Å². The zero-order valence-corrected chi connectivity index (χ0v) is 7.12. The smallest absolute Gasteiger partial charge is 0.239 e. The van der Waals surface area contributed by atoms with E-state index in [2.05, 4.69) is 5.32 Å². The van der Waals surface area contributed by atoms with Gasteiger partial charge in [-0.15, -0.1) is 0 Å². The second kappa shape index (κ2) is 4.42. The van der Waals surface area contributed by atoms with Gasteiger partial charge in [-0.05, 0) is 18.8 Å². The molecule has 0 aliphatic heterocycles. The van der Waals surface area contributed by atoms with E-state index in [4.69, 9.17) is 10.8 Å². The highest BCUT2D eigenvalue weighted by molar-refractivity contribution is 5.81. The van der Waals surface area contributed by atoms with Crippen LogP contribution in [-0.4, -0.2) is 30.2 Å². The lowest BCUT2D eigenvalue weighted by Crippen LogP contribution is -2.45. The van der Waals surface area contributed by atoms with Crippen molar-refractivity contribution in [3.05, 3.63) is 0 Å². The van der Waals surface area contributed by atoms with Crippen LogP contribution in [-0.2, 0) is 4.79 Å². The average Bonchev–Trinajstić information content (AvgIpc) is 2.00. The van der Waals surface area contributed by atoms with Gasteiger partial charge >= 0.3 is 0 Å². The Morgan fingerprint density at radius 2 is 2.33 bits per heavy atom. The number of nitrogens with one attached hydrogen (secondary N) is 1. The highest BCUT2D eigenvalue weighted by Crippen LogP contribution is 2.24. The Balaban J connectivity index is 2.08. The maximum absolute atomic E-state index is 11.0. The second-order valence-electron chi connectivity index (χ2n) is 3.33. The van der Waals surface area contributed by atoms with E-state index in [0.717, 1.165) is 0 Å². The van der Waals surface area contributed by atoms with E-state index in [0.29, 0.717) is 12.5 Å². The van der Waals surface area contributed by atoms with Crippen LogP contribution in [0.25, 0.3) is 0 Å². The molecule has 0 radical (unpaired) electrons. The van der Waals surface area contributed by atoms with Crippen LogP contribution in [0.5, 0.6) is 0 Å². The Morgan fingerprint density at radius 3 is 2.75 bits per heavy atom. The molecule has 1 atom stereocenters. The Hall–Kier alpha value is -0.610. The molecule has 4 N–H and O–H groups in total. The van der Waals surface area contributed by atoms with E-state index >= 15 is 0 Å². The van der Waals surface area contributed by atoms with E-state index in [1.165, 1.54) is 19.3 Å². The Morgan fingerprint density at radius 1 is 1.67 bits per heavy atom. The molecule has 70 valence electrons. The summed E-state index contributed by atoms with van der Waals surface area (Å²) in [6, 6.07) is -0.759. The van der Waals surface area contributed by atoms with E-state index in [-0.39, 0.29) is 12.5 Å². The molecule has 0 aromatic heterocycles. The molecule has 0 aromatic carbocycles. The van der Waals surface area contributed by atoms with Gasteiger partial charge < -0.3 is 16.2 Å². The van der Waals surface area contributed by atoms with Crippen molar-refractivity contribution < 1.29 is 9.90 Å². The number of carbonyl (C=O) groups excluding carboxylic acids is 1. The summed E-state index contributed by atoms with van der Waals surface area (Å²) in [6.07, 6.45) is 3.68. The van der Waals surface area contributed by atoms with Gasteiger partial charge in [0, 0.05) is 6.54 Å². The summed E-state index contributed by atoms with van der Waals surface area (Å²) in [5.41, 5.74) is 5.30. The lowest BCUT2D eigenvalue weighted by molar-refractivity contribution is -0.123. The van der Waals surface area contributed by atoms with Gasteiger partial charge in [0.1, 0.15) is 6.04 Å². The first-order chi connectivity index (χ1) is 5.74. The molecule has 1 amide bonds. The zero-order chi connectivity index (χ0) is 8.97. The minimum atomic E-state index is -0.759. The first-order valence-corrected chi connectivity index (χ1v) is 4.38. The number of carbonyl (C=O) groups is 1. The standard InChI is InChI=1S/C8H16N2O2/c9-7(5-11)8(12)10-4-6-2-1-3-6/h6-7,11H,1-5,9H2,(H,10,12). The number of rotatable bonds is 4. The number of hydrogen-bond donors (Lipinski definition) is 3. The third-order valence-corrected chi connectivity index (χ3v) is 2.32. The van der Waals surface area contributed by atoms with Gasteiger partial charge in [0.25, 0.3) is 0 Å². The number of aliphatic hydroxyl groups is 1. The van der Waals surface area contributed by atoms with E-state index in [9.17, 15) is 4.79 Å². The highest BCUT2D eigenvalue weighted by Gasteiger charge is 2.19. The number of hydrogen-bond acceptors (Lipinski definition) is 3. The molecule has 0 saturated heterocycles.